The second-order valence-electron chi connectivity index (χ2n) is 11.7. The lowest BCUT2D eigenvalue weighted by molar-refractivity contribution is -0.136. The molecule has 0 bridgehead atoms. The van der Waals surface area contributed by atoms with Crippen molar-refractivity contribution in [3.63, 3.8) is 0 Å². The van der Waals surface area contributed by atoms with Crippen LogP contribution in [0.4, 0.5) is 11.4 Å². The standard InChI is InChI=1S/C35H42N4O3/c1-4-5-7-10-28-14-16-29(17-15-28)33(41)37-21-19-35(20-22-37)34(42)38(25-39(35)31-11-8-6-9-12-31)24-32(40)36-30-18-13-26(2)27(3)23-30/h6,8-9,11-18,23H,4-5,7,10,19-22,24-25H2,1-3H3,(H,36,40). The van der Waals surface area contributed by atoms with Crippen molar-refractivity contribution in [1.82, 2.24) is 9.80 Å². The summed E-state index contributed by atoms with van der Waals surface area (Å²) in [6.45, 7) is 7.51. The number of carbonyl (C=O) groups is 3. The van der Waals surface area contributed by atoms with E-state index >= 15 is 0 Å². The van der Waals surface area contributed by atoms with Crippen LogP contribution in [0.15, 0.2) is 72.8 Å². The van der Waals surface area contributed by atoms with Crippen molar-refractivity contribution >= 4 is 29.1 Å². The summed E-state index contributed by atoms with van der Waals surface area (Å²) in [6.07, 6.45) is 5.62. The van der Waals surface area contributed by atoms with Gasteiger partial charge in [0.2, 0.25) is 5.91 Å². The maximum atomic E-state index is 14.0. The van der Waals surface area contributed by atoms with Crippen LogP contribution in [0.1, 0.15) is 66.1 Å². The first-order valence-electron chi connectivity index (χ1n) is 15.2. The van der Waals surface area contributed by atoms with E-state index in [0.29, 0.717) is 38.2 Å². The fourth-order valence-electron chi connectivity index (χ4n) is 6.17. The van der Waals surface area contributed by atoms with Gasteiger partial charge < -0.3 is 20.0 Å². The molecule has 0 aromatic heterocycles. The topological polar surface area (TPSA) is 73.0 Å². The summed E-state index contributed by atoms with van der Waals surface area (Å²) in [6, 6.07) is 23.7. The molecule has 1 spiro atoms. The first-order valence-corrected chi connectivity index (χ1v) is 15.2. The van der Waals surface area contributed by atoms with E-state index in [4.69, 9.17) is 0 Å². The highest BCUT2D eigenvalue weighted by atomic mass is 16.2. The minimum atomic E-state index is -0.790. The van der Waals surface area contributed by atoms with Crippen molar-refractivity contribution in [2.75, 3.05) is 36.5 Å². The van der Waals surface area contributed by atoms with Gasteiger partial charge in [-0.05, 0) is 92.6 Å². The Labute approximate surface area is 249 Å². The van der Waals surface area contributed by atoms with Crippen LogP contribution in [0.3, 0.4) is 0 Å². The molecule has 3 aromatic carbocycles. The lowest BCUT2D eigenvalue weighted by Gasteiger charge is -2.43. The fourth-order valence-corrected chi connectivity index (χ4v) is 6.17. The van der Waals surface area contributed by atoms with E-state index in [-0.39, 0.29) is 24.3 Å². The summed E-state index contributed by atoms with van der Waals surface area (Å²) in [5.74, 6) is -0.265. The number of carbonyl (C=O) groups excluding carboxylic acids is 3. The van der Waals surface area contributed by atoms with E-state index in [0.717, 1.165) is 35.3 Å². The molecule has 2 heterocycles. The molecule has 3 amide bonds. The molecule has 0 unspecified atom stereocenters. The molecule has 2 fully saturated rings. The molecule has 3 aromatic rings. The Bertz CT molecular complexity index is 1410. The normalized spacial score (nSPS) is 16.3. The minimum Gasteiger partial charge on any atom is -0.339 e. The van der Waals surface area contributed by atoms with E-state index in [1.54, 1.807) is 4.90 Å². The number of anilines is 2. The van der Waals surface area contributed by atoms with E-state index in [9.17, 15) is 14.4 Å². The highest BCUT2D eigenvalue weighted by Crippen LogP contribution is 2.39. The summed E-state index contributed by atoms with van der Waals surface area (Å²) < 4.78 is 0. The molecule has 0 saturated carbocycles. The fraction of sp³-hybridized carbons (Fsp3) is 0.400. The minimum absolute atomic E-state index is 0.00582. The van der Waals surface area contributed by atoms with Crippen molar-refractivity contribution < 1.29 is 14.4 Å². The molecule has 1 N–H and O–H groups in total. The van der Waals surface area contributed by atoms with Crippen LogP contribution in [0, 0.1) is 13.8 Å². The molecular weight excluding hydrogens is 524 g/mol. The molecule has 7 nitrogen and oxygen atoms in total. The first kappa shape index (κ1) is 29.4. The van der Waals surface area contributed by atoms with Gasteiger partial charge in [0.25, 0.3) is 11.8 Å². The Balaban J connectivity index is 1.28. The van der Waals surface area contributed by atoms with Gasteiger partial charge >= 0.3 is 0 Å². The summed E-state index contributed by atoms with van der Waals surface area (Å²) in [4.78, 5) is 46.1. The molecule has 0 radical (unpaired) electrons. The molecule has 42 heavy (non-hydrogen) atoms. The lowest BCUT2D eigenvalue weighted by atomic mass is 9.85. The predicted molar refractivity (Wildman–Crippen MR) is 168 cm³/mol. The number of benzene rings is 3. The number of nitrogens with one attached hydrogen (secondary N) is 1. The molecule has 0 atom stereocenters. The summed E-state index contributed by atoms with van der Waals surface area (Å²) in [5, 5.41) is 2.96. The summed E-state index contributed by atoms with van der Waals surface area (Å²) in [7, 11) is 0. The average molecular weight is 567 g/mol. The van der Waals surface area contributed by atoms with E-state index in [2.05, 4.69) is 29.3 Å². The number of unbranched alkanes of at least 4 members (excludes halogenated alkanes) is 2. The second-order valence-corrected chi connectivity index (χ2v) is 11.7. The van der Waals surface area contributed by atoms with Crippen molar-refractivity contribution in [3.8, 4) is 0 Å². The average Bonchev–Trinajstić information content (AvgIpc) is 3.26. The number of para-hydroxylation sites is 1. The summed E-state index contributed by atoms with van der Waals surface area (Å²) in [5.41, 5.74) is 5.09. The monoisotopic (exact) mass is 566 g/mol. The maximum Gasteiger partial charge on any atom is 0.253 e. The second kappa shape index (κ2) is 12.8. The molecule has 0 aliphatic carbocycles. The smallest absolute Gasteiger partial charge is 0.253 e. The lowest BCUT2D eigenvalue weighted by Crippen LogP contribution is -2.57. The van der Waals surface area contributed by atoms with Gasteiger partial charge in [0.15, 0.2) is 0 Å². The van der Waals surface area contributed by atoms with Crippen LogP contribution in [0.2, 0.25) is 0 Å². The quantitative estimate of drug-likeness (QED) is 0.325. The van der Waals surface area contributed by atoms with Gasteiger partial charge in [0, 0.05) is 30.0 Å². The van der Waals surface area contributed by atoms with Crippen molar-refractivity contribution in [1.29, 1.82) is 0 Å². The Morgan fingerprint density at radius 1 is 0.881 bits per heavy atom. The van der Waals surface area contributed by atoms with Gasteiger partial charge in [-0.1, -0.05) is 56.2 Å². The van der Waals surface area contributed by atoms with E-state index in [1.807, 2.05) is 79.4 Å². The molecular formula is C35H42N4O3. The van der Waals surface area contributed by atoms with Gasteiger partial charge in [-0.3, -0.25) is 14.4 Å². The number of likely N-dealkylation sites (tertiary alicyclic amines) is 1. The highest BCUT2D eigenvalue weighted by Gasteiger charge is 2.54. The number of aryl methyl sites for hydroxylation is 3. The third-order valence-electron chi connectivity index (χ3n) is 8.85. The maximum absolute atomic E-state index is 14.0. The molecule has 7 heteroatoms. The largest absolute Gasteiger partial charge is 0.339 e. The van der Waals surface area contributed by atoms with Crippen LogP contribution in [-0.4, -0.2) is 59.4 Å². The number of nitrogens with zero attached hydrogens (tertiary/aromatic N) is 3. The Hall–Kier alpha value is -4.13. The van der Waals surface area contributed by atoms with Crippen molar-refractivity contribution in [2.45, 2.75) is 64.8 Å². The number of rotatable bonds is 9. The zero-order valence-electron chi connectivity index (χ0n) is 25.1. The Morgan fingerprint density at radius 3 is 2.26 bits per heavy atom. The first-order chi connectivity index (χ1) is 20.3. The predicted octanol–water partition coefficient (Wildman–Crippen LogP) is 5.96. The van der Waals surface area contributed by atoms with Gasteiger partial charge in [-0.25, -0.2) is 0 Å². The van der Waals surface area contributed by atoms with Crippen LogP contribution in [0.5, 0.6) is 0 Å². The zero-order valence-corrected chi connectivity index (χ0v) is 25.1. The number of piperidine rings is 1. The van der Waals surface area contributed by atoms with Gasteiger partial charge in [0.05, 0.1) is 6.67 Å². The van der Waals surface area contributed by atoms with Crippen LogP contribution >= 0.6 is 0 Å². The number of hydrogen-bond acceptors (Lipinski definition) is 4. The van der Waals surface area contributed by atoms with Gasteiger partial charge in [-0.2, -0.15) is 0 Å². The van der Waals surface area contributed by atoms with Crippen LogP contribution < -0.4 is 10.2 Å². The zero-order chi connectivity index (χ0) is 29.7. The van der Waals surface area contributed by atoms with Crippen molar-refractivity contribution in [3.05, 3.63) is 95.1 Å². The van der Waals surface area contributed by atoms with Crippen LogP contribution in [-0.2, 0) is 16.0 Å². The SMILES string of the molecule is CCCCCc1ccc(C(=O)N2CCC3(CC2)C(=O)N(CC(=O)Nc2ccc(C)c(C)c2)CN3c2ccccc2)cc1. The Morgan fingerprint density at radius 2 is 1.60 bits per heavy atom. The third-order valence-corrected chi connectivity index (χ3v) is 8.85. The summed E-state index contributed by atoms with van der Waals surface area (Å²) >= 11 is 0. The van der Waals surface area contributed by atoms with E-state index < -0.39 is 5.54 Å². The van der Waals surface area contributed by atoms with Crippen molar-refractivity contribution in [2.24, 2.45) is 0 Å². The number of hydrogen-bond donors (Lipinski definition) is 1. The molecule has 2 saturated heterocycles. The van der Waals surface area contributed by atoms with Gasteiger partial charge in [-0.15, -0.1) is 0 Å². The van der Waals surface area contributed by atoms with Crippen LogP contribution in [0.25, 0.3) is 0 Å². The molecule has 5 rings (SSSR count). The number of amides is 3. The Kier molecular flexibility index (Phi) is 8.95. The molecule has 220 valence electrons. The van der Waals surface area contributed by atoms with E-state index in [1.165, 1.54) is 18.4 Å². The van der Waals surface area contributed by atoms with Gasteiger partial charge in [0.1, 0.15) is 12.1 Å². The highest BCUT2D eigenvalue weighted by molar-refractivity contribution is 6.00. The molecule has 2 aliphatic heterocycles. The third kappa shape index (κ3) is 6.20. The molecule has 2 aliphatic rings.